The van der Waals surface area contributed by atoms with E-state index >= 15 is 0 Å². The molecule has 0 N–H and O–H groups in total. The molecule has 0 aliphatic heterocycles. The molecule has 0 bridgehead atoms. The summed E-state index contributed by atoms with van der Waals surface area (Å²) < 4.78 is 1.69. The lowest BCUT2D eigenvalue weighted by atomic mass is 10.5. The lowest BCUT2D eigenvalue weighted by Crippen LogP contribution is -2.20. The highest BCUT2D eigenvalue weighted by Gasteiger charge is 2.01. The Bertz CT molecular complexity index is 256. The van der Waals surface area contributed by atoms with Gasteiger partial charge in [0.05, 0.1) is 6.54 Å². The molecule has 0 spiro atoms. The molecule has 6 heteroatoms. The van der Waals surface area contributed by atoms with Gasteiger partial charge in [0.15, 0.2) is 5.82 Å². The first-order valence-electron chi connectivity index (χ1n) is 3.60. The monoisotopic (exact) mass is 185 g/mol. The fraction of sp³-hybridized carbons (Fsp3) is 0.667. The third-order valence-electron chi connectivity index (χ3n) is 1.42. The van der Waals surface area contributed by atoms with Crippen molar-refractivity contribution in [1.29, 1.82) is 0 Å². The van der Waals surface area contributed by atoms with Gasteiger partial charge in [0, 0.05) is 11.9 Å². The van der Waals surface area contributed by atoms with Crippen LogP contribution in [0.25, 0.3) is 0 Å². The van der Waals surface area contributed by atoms with E-state index in [1.807, 2.05) is 14.1 Å². The number of hydrogen-bond donors (Lipinski definition) is 0. The minimum absolute atomic E-state index is 0.645. The molecule has 1 rings (SSSR count). The Morgan fingerprint density at radius 2 is 2.33 bits per heavy atom. The molecule has 0 radical (unpaired) electrons. The SMILES string of the molecule is CN(C)CCn1nnnc1C=S. The molecule has 12 heavy (non-hydrogen) atoms. The Morgan fingerprint density at radius 3 is 2.92 bits per heavy atom. The molecule has 0 aliphatic carbocycles. The third kappa shape index (κ3) is 2.31. The predicted octanol–water partition coefficient (Wildman–Crippen LogP) is -0.418. The topological polar surface area (TPSA) is 46.8 Å². The number of thiocarbonyl (C=S) groups is 1. The van der Waals surface area contributed by atoms with Gasteiger partial charge in [-0.05, 0) is 24.5 Å². The van der Waals surface area contributed by atoms with Crippen LogP contribution in [0.4, 0.5) is 0 Å². The maximum Gasteiger partial charge on any atom is 0.185 e. The van der Waals surface area contributed by atoms with E-state index in [4.69, 9.17) is 12.2 Å². The van der Waals surface area contributed by atoms with Crippen molar-refractivity contribution in [1.82, 2.24) is 25.1 Å². The first-order valence-corrected chi connectivity index (χ1v) is 4.07. The summed E-state index contributed by atoms with van der Waals surface area (Å²) in [5.41, 5.74) is 0. The lowest BCUT2D eigenvalue weighted by molar-refractivity contribution is 0.370. The number of tetrazole rings is 1. The second-order valence-corrected chi connectivity index (χ2v) is 2.92. The van der Waals surface area contributed by atoms with Crippen LogP contribution < -0.4 is 0 Å². The quantitative estimate of drug-likeness (QED) is 0.596. The summed E-state index contributed by atoms with van der Waals surface area (Å²) >= 11 is 4.74. The average molecular weight is 185 g/mol. The lowest BCUT2D eigenvalue weighted by Gasteiger charge is -2.08. The van der Waals surface area contributed by atoms with E-state index in [-0.39, 0.29) is 0 Å². The van der Waals surface area contributed by atoms with E-state index in [2.05, 4.69) is 20.4 Å². The fourth-order valence-corrected chi connectivity index (χ4v) is 0.919. The Labute approximate surface area is 76.4 Å². The Balaban J connectivity index is 2.56. The molecule has 0 fully saturated rings. The molecule has 0 saturated heterocycles. The first kappa shape index (κ1) is 9.21. The van der Waals surface area contributed by atoms with Gasteiger partial charge in [0.25, 0.3) is 0 Å². The molecule has 1 aromatic heterocycles. The van der Waals surface area contributed by atoms with Crippen molar-refractivity contribution in [2.75, 3.05) is 20.6 Å². The zero-order valence-corrected chi connectivity index (χ0v) is 7.95. The van der Waals surface area contributed by atoms with Crippen molar-refractivity contribution >= 4 is 17.6 Å². The summed E-state index contributed by atoms with van der Waals surface area (Å²) in [5.74, 6) is 0.645. The molecule has 0 aromatic carbocycles. The number of nitrogens with zero attached hydrogens (tertiary/aromatic N) is 5. The molecule has 0 aliphatic rings. The van der Waals surface area contributed by atoms with Gasteiger partial charge in [-0.25, -0.2) is 4.68 Å². The largest absolute Gasteiger partial charge is 0.308 e. The van der Waals surface area contributed by atoms with Gasteiger partial charge < -0.3 is 4.90 Å². The van der Waals surface area contributed by atoms with Crippen molar-refractivity contribution in [2.24, 2.45) is 0 Å². The Morgan fingerprint density at radius 1 is 1.58 bits per heavy atom. The van der Waals surface area contributed by atoms with Crippen molar-refractivity contribution in [3.05, 3.63) is 5.82 Å². The number of aromatic nitrogens is 4. The van der Waals surface area contributed by atoms with Crippen molar-refractivity contribution in [3.63, 3.8) is 0 Å². The van der Waals surface area contributed by atoms with Gasteiger partial charge in [-0.2, -0.15) is 0 Å². The van der Waals surface area contributed by atoms with Gasteiger partial charge >= 0.3 is 0 Å². The molecule has 1 aromatic rings. The molecule has 66 valence electrons. The molecule has 1 heterocycles. The summed E-state index contributed by atoms with van der Waals surface area (Å²) in [5, 5.41) is 12.5. The smallest absolute Gasteiger partial charge is 0.185 e. The molecule has 0 unspecified atom stereocenters. The van der Waals surface area contributed by atoms with Crippen LogP contribution in [0.1, 0.15) is 5.82 Å². The zero-order valence-electron chi connectivity index (χ0n) is 7.14. The molecule has 5 nitrogen and oxygen atoms in total. The highest BCUT2D eigenvalue weighted by Crippen LogP contribution is 1.88. The third-order valence-corrected chi connectivity index (χ3v) is 1.63. The van der Waals surface area contributed by atoms with E-state index in [0.29, 0.717) is 5.82 Å². The number of rotatable bonds is 4. The zero-order chi connectivity index (χ0) is 8.97. The average Bonchev–Trinajstić information content (AvgIpc) is 2.47. The molecular weight excluding hydrogens is 174 g/mol. The Kier molecular flexibility index (Phi) is 3.24. The van der Waals surface area contributed by atoms with Crippen LogP contribution in [0, 0.1) is 0 Å². The van der Waals surface area contributed by atoms with E-state index in [0.717, 1.165) is 13.1 Å². The van der Waals surface area contributed by atoms with E-state index in [1.165, 1.54) is 5.37 Å². The maximum absolute atomic E-state index is 4.74. The van der Waals surface area contributed by atoms with E-state index in [1.54, 1.807) is 4.68 Å². The maximum atomic E-state index is 4.74. The molecule has 0 saturated carbocycles. The van der Waals surface area contributed by atoms with Crippen LogP contribution in [-0.2, 0) is 6.54 Å². The first-order chi connectivity index (χ1) is 5.74. The number of likely N-dealkylation sites (N-methyl/N-ethyl adjacent to an activating group) is 1. The van der Waals surface area contributed by atoms with Crippen molar-refractivity contribution in [2.45, 2.75) is 6.54 Å². The van der Waals surface area contributed by atoms with Crippen molar-refractivity contribution in [3.8, 4) is 0 Å². The van der Waals surface area contributed by atoms with Gasteiger partial charge in [-0.15, -0.1) is 5.10 Å². The predicted molar refractivity (Wildman–Crippen MR) is 49.1 cm³/mol. The molecule has 0 atom stereocenters. The summed E-state index contributed by atoms with van der Waals surface area (Å²) in [6.45, 7) is 1.67. The van der Waals surface area contributed by atoms with Crippen LogP contribution >= 0.6 is 12.2 Å². The summed E-state index contributed by atoms with van der Waals surface area (Å²) in [6.07, 6.45) is 0. The molecular formula is C6H11N5S. The molecule has 0 amide bonds. The van der Waals surface area contributed by atoms with Crippen LogP contribution in [0.15, 0.2) is 0 Å². The highest BCUT2D eigenvalue weighted by molar-refractivity contribution is 7.79. The minimum atomic E-state index is 0.645. The van der Waals surface area contributed by atoms with Gasteiger partial charge in [-0.1, -0.05) is 12.2 Å². The second kappa shape index (κ2) is 4.22. The summed E-state index contributed by atoms with van der Waals surface area (Å²) in [7, 11) is 4.00. The highest BCUT2D eigenvalue weighted by atomic mass is 32.1. The van der Waals surface area contributed by atoms with Crippen LogP contribution in [0.2, 0.25) is 0 Å². The van der Waals surface area contributed by atoms with Crippen LogP contribution in [0.5, 0.6) is 0 Å². The van der Waals surface area contributed by atoms with Gasteiger partial charge in [0.1, 0.15) is 0 Å². The van der Waals surface area contributed by atoms with Crippen LogP contribution in [0.3, 0.4) is 0 Å². The minimum Gasteiger partial charge on any atom is -0.308 e. The van der Waals surface area contributed by atoms with Crippen LogP contribution in [-0.4, -0.2) is 51.1 Å². The van der Waals surface area contributed by atoms with E-state index < -0.39 is 0 Å². The number of hydrogen-bond acceptors (Lipinski definition) is 5. The summed E-state index contributed by atoms with van der Waals surface area (Å²) in [4.78, 5) is 2.06. The van der Waals surface area contributed by atoms with Gasteiger partial charge in [0.2, 0.25) is 0 Å². The second-order valence-electron chi connectivity index (χ2n) is 2.68. The van der Waals surface area contributed by atoms with Gasteiger partial charge in [-0.3, -0.25) is 0 Å². The van der Waals surface area contributed by atoms with Crippen molar-refractivity contribution < 1.29 is 0 Å². The van der Waals surface area contributed by atoms with E-state index in [9.17, 15) is 0 Å². The Hall–Kier alpha value is -0.880. The standard InChI is InChI=1S/C6H11N5S/c1-10(2)3-4-11-6(5-12)7-8-9-11/h5H,3-4H2,1-2H3. The summed E-state index contributed by atoms with van der Waals surface area (Å²) in [6, 6.07) is 0. The fourth-order valence-electron chi connectivity index (χ4n) is 0.750. The normalized spacial score (nSPS) is 10.6.